The summed E-state index contributed by atoms with van der Waals surface area (Å²) in [7, 11) is -0.593. The van der Waals surface area contributed by atoms with Crippen molar-refractivity contribution in [3.63, 3.8) is 0 Å². The Morgan fingerprint density at radius 3 is 2.36 bits per heavy atom. The molecule has 1 fully saturated rings. The van der Waals surface area contributed by atoms with E-state index in [9.17, 15) is 13.2 Å². The Morgan fingerprint density at radius 2 is 1.91 bits per heavy atom. The first-order valence-electron chi connectivity index (χ1n) is 7.07. The van der Waals surface area contributed by atoms with Crippen LogP contribution in [0.3, 0.4) is 0 Å². The van der Waals surface area contributed by atoms with Crippen LogP contribution in [-0.2, 0) is 9.31 Å². The van der Waals surface area contributed by atoms with Crippen LogP contribution in [0.5, 0.6) is 5.88 Å². The summed E-state index contributed by atoms with van der Waals surface area (Å²) in [5.41, 5.74) is -0.273. The van der Waals surface area contributed by atoms with Gasteiger partial charge in [-0.3, -0.25) is 0 Å². The van der Waals surface area contributed by atoms with Gasteiger partial charge in [0.1, 0.15) is 0 Å². The average molecular weight is 317 g/mol. The van der Waals surface area contributed by atoms with Gasteiger partial charge in [0.2, 0.25) is 5.88 Å². The van der Waals surface area contributed by atoms with E-state index in [1.165, 1.54) is 12.3 Å². The van der Waals surface area contributed by atoms with E-state index < -0.39 is 31.1 Å². The highest BCUT2D eigenvalue weighted by molar-refractivity contribution is 6.62. The van der Waals surface area contributed by atoms with E-state index in [-0.39, 0.29) is 5.88 Å². The second-order valence-corrected chi connectivity index (χ2v) is 6.00. The fraction of sp³-hybridized carbons (Fsp3) is 0.643. The summed E-state index contributed by atoms with van der Waals surface area (Å²) in [6.07, 6.45) is -2.20. The monoisotopic (exact) mass is 317 g/mol. The molecule has 122 valence electrons. The third-order valence-corrected chi connectivity index (χ3v) is 4.13. The van der Waals surface area contributed by atoms with Gasteiger partial charge in [-0.25, -0.2) is 4.98 Å². The highest BCUT2D eigenvalue weighted by Crippen LogP contribution is 2.39. The second-order valence-electron chi connectivity index (χ2n) is 6.00. The quantitative estimate of drug-likeness (QED) is 0.801. The van der Waals surface area contributed by atoms with E-state index in [0.717, 1.165) is 6.42 Å². The number of ether oxygens (including phenoxy) is 1. The van der Waals surface area contributed by atoms with E-state index >= 15 is 0 Å². The second kappa shape index (κ2) is 5.74. The van der Waals surface area contributed by atoms with Gasteiger partial charge in [0.05, 0.1) is 11.2 Å². The molecule has 1 atom stereocenters. The van der Waals surface area contributed by atoms with Gasteiger partial charge in [0.25, 0.3) is 0 Å². The first-order valence-corrected chi connectivity index (χ1v) is 7.07. The minimum atomic E-state index is -4.38. The molecule has 1 aromatic rings. The zero-order valence-electron chi connectivity index (χ0n) is 13.0. The van der Waals surface area contributed by atoms with Crippen LogP contribution in [0.1, 0.15) is 34.1 Å². The molecule has 0 N–H and O–H groups in total. The number of pyridine rings is 1. The summed E-state index contributed by atoms with van der Waals surface area (Å²) >= 11 is 0. The molecule has 0 spiro atoms. The van der Waals surface area contributed by atoms with Crippen molar-refractivity contribution in [3.8, 4) is 5.88 Å². The smallest absolute Gasteiger partial charge is 0.468 e. The summed E-state index contributed by atoms with van der Waals surface area (Å²) in [5, 5.41) is 0. The maximum Gasteiger partial charge on any atom is 0.496 e. The predicted octanol–water partition coefficient (Wildman–Crippen LogP) is 2.71. The van der Waals surface area contributed by atoms with Crippen molar-refractivity contribution in [1.82, 2.24) is 4.98 Å². The van der Waals surface area contributed by atoms with E-state index in [2.05, 4.69) is 9.72 Å². The van der Waals surface area contributed by atoms with Crippen LogP contribution < -0.4 is 10.2 Å². The molecule has 8 heteroatoms. The number of nitrogens with zero attached hydrogens (tertiary/aromatic N) is 1. The van der Waals surface area contributed by atoms with Gasteiger partial charge in [-0.2, -0.15) is 13.2 Å². The number of hydrogen-bond acceptors (Lipinski definition) is 4. The van der Waals surface area contributed by atoms with Crippen LogP contribution in [0.2, 0.25) is 0 Å². The zero-order valence-corrected chi connectivity index (χ0v) is 13.0. The van der Waals surface area contributed by atoms with Gasteiger partial charge >= 0.3 is 13.3 Å². The molecular weight excluding hydrogens is 298 g/mol. The molecule has 1 saturated heterocycles. The number of halogens is 3. The van der Waals surface area contributed by atoms with Gasteiger partial charge in [0.15, 0.2) is 6.61 Å². The van der Waals surface area contributed by atoms with Crippen molar-refractivity contribution in [2.75, 3.05) is 6.61 Å². The highest BCUT2D eigenvalue weighted by Gasteiger charge is 2.53. The average Bonchev–Trinajstić information content (AvgIpc) is 2.67. The molecule has 1 aliphatic heterocycles. The Labute approximate surface area is 128 Å². The van der Waals surface area contributed by atoms with Gasteiger partial charge in [-0.05, 0) is 33.3 Å². The van der Waals surface area contributed by atoms with Crippen LogP contribution in [0.4, 0.5) is 13.2 Å². The van der Waals surface area contributed by atoms with Crippen molar-refractivity contribution in [2.45, 2.75) is 51.5 Å². The Hall–Kier alpha value is -1.28. The van der Waals surface area contributed by atoms with Gasteiger partial charge in [0, 0.05) is 11.7 Å². The minimum absolute atomic E-state index is 0.0865. The lowest BCUT2D eigenvalue weighted by Gasteiger charge is -2.35. The maximum absolute atomic E-state index is 12.1. The Morgan fingerprint density at radius 1 is 1.23 bits per heavy atom. The van der Waals surface area contributed by atoms with Crippen molar-refractivity contribution < 1.29 is 27.2 Å². The molecule has 1 unspecified atom stereocenters. The third-order valence-electron chi connectivity index (χ3n) is 4.13. The molecule has 0 radical (unpaired) electrons. The third kappa shape index (κ3) is 3.55. The van der Waals surface area contributed by atoms with Crippen molar-refractivity contribution in [3.05, 3.63) is 18.3 Å². The summed E-state index contributed by atoms with van der Waals surface area (Å²) < 4.78 is 52.7. The Bertz CT molecular complexity index is 521. The normalized spacial score (nSPS) is 24.6. The van der Waals surface area contributed by atoms with Gasteiger partial charge < -0.3 is 14.0 Å². The van der Waals surface area contributed by atoms with Crippen molar-refractivity contribution in [2.24, 2.45) is 0 Å². The molecule has 2 rings (SSSR count). The first-order chi connectivity index (χ1) is 10.1. The Balaban J connectivity index is 2.06. The highest BCUT2D eigenvalue weighted by atomic mass is 19.4. The predicted molar refractivity (Wildman–Crippen MR) is 76.1 cm³/mol. The molecule has 2 heterocycles. The topological polar surface area (TPSA) is 40.6 Å². The largest absolute Gasteiger partial charge is 0.496 e. The number of alkyl halides is 3. The standard InChI is InChI=1S/C14H19BF3NO3/c1-5-13(4)12(2,3)21-15(22-13)10-6-7-11(19-8-10)20-9-14(16,17)18/h6-8H,5,9H2,1-4H3. The molecule has 1 aliphatic rings. The zero-order chi connectivity index (χ0) is 16.6. The molecule has 0 saturated carbocycles. The summed E-state index contributed by atoms with van der Waals surface area (Å²) in [6.45, 7) is 6.52. The van der Waals surface area contributed by atoms with E-state index in [1.54, 1.807) is 6.07 Å². The Kier molecular flexibility index (Phi) is 4.45. The minimum Gasteiger partial charge on any atom is -0.468 e. The molecule has 0 aliphatic carbocycles. The lowest BCUT2D eigenvalue weighted by Crippen LogP contribution is -2.44. The fourth-order valence-corrected chi connectivity index (χ4v) is 2.21. The van der Waals surface area contributed by atoms with Crippen LogP contribution in [-0.4, -0.2) is 36.1 Å². The molecule has 4 nitrogen and oxygen atoms in total. The van der Waals surface area contributed by atoms with E-state index in [0.29, 0.717) is 5.46 Å². The molecule has 22 heavy (non-hydrogen) atoms. The summed E-state index contributed by atoms with van der Waals surface area (Å²) in [6, 6.07) is 2.98. The number of hydrogen-bond donors (Lipinski definition) is 0. The van der Waals surface area contributed by atoms with Gasteiger partial charge in [-0.1, -0.05) is 13.0 Å². The molecular formula is C14H19BF3NO3. The van der Waals surface area contributed by atoms with Crippen LogP contribution in [0.25, 0.3) is 0 Å². The molecule has 0 amide bonds. The number of aromatic nitrogens is 1. The SMILES string of the molecule is CCC1(C)OB(c2ccc(OCC(F)(F)F)nc2)OC1(C)C. The number of rotatable bonds is 4. The van der Waals surface area contributed by atoms with Gasteiger partial charge in [-0.15, -0.1) is 0 Å². The molecule has 0 aromatic carbocycles. The molecule has 1 aromatic heterocycles. The van der Waals surface area contributed by atoms with Crippen LogP contribution in [0.15, 0.2) is 18.3 Å². The van der Waals surface area contributed by atoms with Crippen LogP contribution in [0, 0.1) is 0 Å². The van der Waals surface area contributed by atoms with Crippen LogP contribution >= 0.6 is 0 Å². The molecule has 0 bridgehead atoms. The summed E-state index contributed by atoms with van der Waals surface area (Å²) in [5.74, 6) is -0.0865. The first kappa shape index (κ1) is 17.1. The van der Waals surface area contributed by atoms with Crippen molar-refractivity contribution in [1.29, 1.82) is 0 Å². The van der Waals surface area contributed by atoms with Crippen molar-refractivity contribution >= 4 is 12.6 Å². The van der Waals surface area contributed by atoms with E-state index in [4.69, 9.17) is 9.31 Å². The lowest BCUT2D eigenvalue weighted by molar-refractivity contribution is -0.154. The summed E-state index contributed by atoms with van der Waals surface area (Å²) in [4.78, 5) is 3.87. The van der Waals surface area contributed by atoms with E-state index in [1.807, 2.05) is 27.7 Å². The maximum atomic E-state index is 12.1. The fourth-order valence-electron chi connectivity index (χ4n) is 2.21. The lowest BCUT2D eigenvalue weighted by atomic mass is 9.80.